The molecule has 0 atom stereocenters. The molecule has 0 saturated heterocycles. The summed E-state index contributed by atoms with van der Waals surface area (Å²) in [6.45, 7) is 1.06. The Labute approximate surface area is 196 Å². The third-order valence-electron chi connectivity index (χ3n) is 5.99. The van der Waals surface area contributed by atoms with E-state index in [1.54, 1.807) is 0 Å². The Morgan fingerprint density at radius 2 is 0.970 bits per heavy atom. The summed E-state index contributed by atoms with van der Waals surface area (Å²) in [6, 6.07) is 39.3. The van der Waals surface area contributed by atoms with Crippen LogP contribution in [0.4, 0.5) is 0 Å². The van der Waals surface area contributed by atoms with Gasteiger partial charge < -0.3 is 10.0 Å². The van der Waals surface area contributed by atoms with Crippen LogP contribution in [-0.4, -0.2) is 15.9 Å². The van der Waals surface area contributed by atoms with Crippen LogP contribution in [-0.2, 0) is 23.5 Å². The van der Waals surface area contributed by atoms with Crippen molar-refractivity contribution in [2.24, 2.45) is 0 Å². The highest BCUT2D eigenvalue weighted by molar-refractivity contribution is 5.76. The molecule has 0 aliphatic carbocycles. The third kappa shape index (κ3) is 5.76. The minimum absolute atomic E-state index is 0.0213. The molecule has 33 heavy (non-hydrogen) atoms. The average molecular weight is 436 g/mol. The second kappa shape index (κ2) is 10.8. The number of benzene rings is 4. The van der Waals surface area contributed by atoms with E-state index in [-0.39, 0.29) is 12.3 Å². The van der Waals surface area contributed by atoms with Gasteiger partial charge in [0.15, 0.2) is 0 Å². The number of hydrogen-bond acceptors (Lipinski definition) is 2. The van der Waals surface area contributed by atoms with Crippen molar-refractivity contribution < 1.29 is 9.90 Å². The fourth-order valence-corrected chi connectivity index (χ4v) is 4.17. The van der Waals surface area contributed by atoms with Gasteiger partial charge in [0.05, 0.1) is 0 Å². The van der Waals surface area contributed by atoms with E-state index >= 15 is 0 Å². The third-order valence-corrected chi connectivity index (χ3v) is 5.99. The molecule has 1 amide bonds. The Balaban J connectivity index is 1.56. The van der Waals surface area contributed by atoms with Gasteiger partial charge in [0, 0.05) is 19.5 Å². The highest BCUT2D eigenvalue weighted by Gasteiger charge is 2.32. The number of amides is 1. The first-order chi connectivity index (χ1) is 16.1. The average Bonchev–Trinajstić information content (AvgIpc) is 2.89. The van der Waals surface area contributed by atoms with Gasteiger partial charge in [-0.3, -0.25) is 4.79 Å². The molecule has 4 aromatic rings. The molecule has 0 radical (unpaired) electrons. The summed E-state index contributed by atoms with van der Waals surface area (Å²) in [6.07, 6.45) is 0.542. The highest BCUT2D eigenvalue weighted by atomic mass is 16.3. The fourth-order valence-electron chi connectivity index (χ4n) is 4.17. The smallest absolute Gasteiger partial charge is 0.223 e. The van der Waals surface area contributed by atoms with E-state index in [1.807, 2.05) is 126 Å². The van der Waals surface area contributed by atoms with Crippen molar-refractivity contribution in [2.45, 2.75) is 31.5 Å². The van der Waals surface area contributed by atoms with Crippen LogP contribution in [0.2, 0.25) is 0 Å². The first kappa shape index (κ1) is 22.5. The fraction of sp³-hybridized carbons (Fsp3) is 0.167. The van der Waals surface area contributed by atoms with Crippen LogP contribution in [0.3, 0.4) is 0 Å². The molecule has 0 saturated carbocycles. The SMILES string of the molecule is O=C(CCC(O)(c1ccccc1)c1ccccc1)N(Cc1ccccc1)Cc1ccccc1. The van der Waals surface area contributed by atoms with Crippen LogP contribution in [0.25, 0.3) is 0 Å². The van der Waals surface area contributed by atoms with Gasteiger partial charge in [-0.2, -0.15) is 0 Å². The monoisotopic (exact) mass is 435 g/mol. The summed E-state index contributed by atoms with van der Waals surface area (Å²) in [4.78, 5) is 15.4. The molecule has 0 heterocycles. The maximum atomic E-state index is 13.5. The molecule has 0 aliphatic heterocycles. The minimum atomic E-state index is -1.23. The van der Waals surface area contributed by atoms with E-state index in [4.69, 9.17) is 0 Å². The molecular formula is C30H29NO2. The van der Waals surface area contributed by atoms with E-state index < -0.39 is 5.60 Å². The van der Waals surface area contributed by atoms with Gasteiger partial charge in [-0.05, 0) is 28.7 Å². The molecule has 166 valence electrons. The Morgan fingerprint density at radius 3 is 1.36 bits per heavy atom. The first-order valence-electron chi connectivity index (χ1n) is 11.3. The predicted octanol–water partition coefficient (Wildman–Crippen LogP) is 5.93. The van der Waals surface area contributed by atoms with E-state index in [9.17, 15) is 9.90 Å². The van der Waals surface area contributed by atoms with Gasteiger partial charge in [-0.1, -0.05) is 121 Å². The molecule has 0 bridgehead atoms. The predicted molar refractivity (Wildman–Crippen MR) is 132 cm³/mol. The molecule has 0 spiro atoms. The quantitative estimate of drug-likeness (QED) is 0.354. The van der Waals surface area contributed by atoms with Crippen LogP contribution in [0.15, 0.2) is 121 Å². The largest absolute Gasteiger partial charge is 0.380 e. The summed E-state index contributed by atoms with van der Waals surface area (Å²) in [5.41, 5.74) is 2.53. The number of carbonyl (C=O) groups is 1. The van der Waals surface area contributed by atoms with E-state index in [2.05, 4.69) is 0 Å². The van der Waals surface area contributed by atoms with E-state index in [0.717, 1.165) is 22.3 Å². The van der Waals surface area contributed by atoms with Crippen molar-refractivity contribution in [2.75, 3.05) is 0 Å². The minimum Gasteiger partial charge on any atom is -0.380 e. The van der Waals surface area contributed by atoms with Gasteiger partial charge >= 0.3 is 0 Å². The summed E-state index contributed by atoms with van der Waals surface area (Å²) >= 11 is 0. The van der Waals surface area contributed by atoms with Crippen molar-refractivity contribution in [3.63, 3.8) is 0 Å². The number of aliphatic hydroxyl groups is 1. The molecule has 4 aromatic carbocycles. The normalized spacial score (nSPS) is 11.2. The van der Waals surface area contributed by atoms with Crippen molar-refractivity contribution >= 4 is 5.91 Å². The van der Waals surface area contributed by atoms with Crippen molar-refractivity contribution in [1.29, 1.82) is 0 Å². The lowest BCUT2D eigenvalue weighted by Crippen LogP contribution is -2.33. The highest BCUT2D eigenvalue weighted by Crippen LogP contribution is 2.34. The summed E-state index contributed by atoms with van der Waals surface area (Å²) in [5, 5.41) is 11.8. The molecule has 0 aliphatic rings. The number of nitrogens with zero attached hydrogens (tertiary/aromatic N) is 1. The zero-order valence-electron chi connectivity index (χ0n) is 18.7. The molecule has 3 heteroatoms. The first-order valence-corrected chi connectivity index (χ1v) is 11.3. The van der Waals surface area contributed by atoms with Crippen molar-refractivity contribution in [3.05, 3.63) is 144 Å². The topological polar surface area (TPSA) is 40.5 Å². The number of carbonyl (C=O) groups excluding carboxylic acids is 1. The second-order valence-electron chi connectivity index (χ2n) is 8.31. The van der Waals surface area contributed by atoms with Gasteiger partial charge in [-0.15, -0.1) is 0 Å². The van der Waals surface area contributed by atoms with Crippen LogP contribution in [0, 0.1) is 0 Å². The maximum Gasteiger partial charge on any atom is 0.223 e. The molecule has 0 fully saturated rings. The van der Waals surface area contributed by atoms with Crippen LogP contribution in [0.1, 0.15) is 35.1 Å². The van der Waals surface area contributed by atoms with Gasteiger partial charge in [-0.25, -0.2) is 0 Å². The van der Waals surface area contributed by atoms with E-state index in [1.165, 1.54) is 0 Å². The standard InChI is InChI=1S/C30H29NO2/c32-29(31(23-25-13-5-1-6-14-25)24-26-15-7-2-8-16-26)21-22-30(33,27-17-9-3-10-18-27)28-19-11-4-12-20-28/h1-20,33H,21-24H2. The molecular weight excluding hydrogens is 406 g/mol. The summed E-state index contributed by atoms with van der Waals surface area (Å²) in [5.74, 6) is 0.0213. The lowest BCUT2D eigenvalue weighted by atomic mass is 9.82. The molecule has 0 aromatic heterocycles. The number of rotatable bonds is 9. The number of hydrogen-bond donors (Lipinski definition) is 1. The Morgan fingerprint density at radius 1 is 0.606 bits per heavy atom. The zero-order valence-corrected chi connectivity index (χ0v) is 18.7. The molecule has 0 unspecified atom stereocenters. The lowest BCUT2D eigenvalue weighted by molar-refractivity contribution is -0.133. The Kier molecular flexibility index (Phi) is 7.33. The molecule has 4 rings (SSSR count). The van der Waals surface area contributed by atoms with Crippen molar-refractivity contribution in [3.8, 4) is 0 Å². The van der Waals surface area contributed by atoms with Gasteiger partial charge in [0.1, 0.15) is 5.60 Å². The van der Waals surface area contributed by atoms with E-state index in [0.29, 0.717) is 19.5 Å². The molecule has 1 N–H and O–H groups in total. The summed E-state index contributed by atoms with van der Waals surface area (Å²) in [7, 11) is 0. The van der Waals surface area contributed by atoms with Crippen LogP contribution in [0.5, 0.6) is 0 Å². The van der Waals surface area contributed by atoms with Crippen LogP contribution >= 0.6 is 0 Å². The van der Waals surface area contributed by atoms with Gasteiger partial charge in [0.25, 0.3) is 0 Å². The zero-order chi connectivity index (χ0) is 22.9. The Hall–Kier alpha value is -3.69. The summed E-state index contributed by atoms with van der Waals surface area (Å²) < 4.78 is 0. The maximum absolute atomic E-state index is 13.5. The van der Waals surface area contributed by atoms with Gasteiger partial charge in [0.2, 0.25) is 5.91 Å². The van der Waals surface area contributed by atoms with Crippen molar-refractivity contribution in [1.82, 2.24) is 4.90 Å². The lowest BCUT2D eigenvalue weighted by Gasteiger charge is -2.31. The molecule has 3 nitrogen and oxygen atoms in total. The Bertz CT molecular complexity index is 1050. The second-order valence-corrected chi connectivity index (χ2v) is 8.31. The van der Waals surface area contributed by atoms with Crippen LogP contribution < -0.4 is 0 Å².